The van der Waals surface area contributed by atoms with Crippen molar-refractivity contribution in [3.63, 3.8) is 0 Å². The standard InChI is InChI=1S/C15H22N4O2S/c1-18-7-2-5-12(11-18)14-15(17-22-16-14)21-10-4-9-19-8-3-6-13(19)20/h5H,2-4,6-11H2,1H3. The van der Waals surface area contributed by atoms with Gasteiger partial charge in [0.25, 0.3) is 5.88 Å². The minimum atomic E-state index is 0.270. The summed E-state index contributed by atoms with van der Waals surface area (Å²) >= 11 is 1.20. The van der Waals surface area contributed by atoms with E-state index < -0.39 is 0 Å². The van der Waals surface area contributed by atoms with Crippen molar-refractivity contribution in [2.24, 2.45) is 0 Å². The smallest absolute Gasteiger partial charge is 0.253 e. The molecule has 0 saturated carbocycles. The van der Waals surface area contributed by atoms with Crippen molar-refractivity contribution in [3.05, 3.63) is 11.8 Å². The molecule has 120 valence electrons. The van der Waals surface area contributed by atoms with Gasteiger partial charge in [0.2, 0.25) is 5.91 Å². The van der Waals surface area contributed by atoms with E-state index in [9.17, 15) is 4.79 Å². The Bertz CT molecular complexity index is 557. The average molecular weight is 322 g/mol. The highest BCUT2D eigenvalue weighted by molar-refractivity contribution is 6.99. The van der Waals surface area contributed by atoms with Crippen LogP contribution in [-0.4, -0.2) is 64.3 Å². The zero-order valence-electron chi connectivity index (χ0n) is 13.0. The van der Waals surface area contributed by atoms with Gasteiger partial charge in [-0.05, 0) is 31.9 Å². The van der Waals surface area contributed by atoms with Crippen LogP contribution in [0, 0.1) is 0 Å². The summed E-state index contributed by atoms with van der Waals surface area (Å²) in [6.45, 7) is 4.22. The van der Waals surface area contributed by atoms with E-state index in [1.165, 1.54) is 17.3 Å². The van der Waals surface area contributed by atoms with Gasteiger partial charge < -0.3 is 14.5 Å². The molecule has 0 unspecified atom stereocenters. The van der Waals surface area contributed by atoms with E-state index in [2.05, 4.69) is 26.8 Å². The predicted octanol–water partition coefficient (Wildman–Crippen LogP) is 1.65. The molecule has 1 fully saturated rings. The number of rotatable bonds is 6. The van der Waals surface area contributed by atoms with Crippen molar-refractivity contribution < 1.29 is 9.53 Å². The summed E-state index contributed by atoms with van der Waals surface area (Å²) in [4.78, 5) is 15.7. The van der Waals surface area contributed by atoms with Crippen LogP contribution >= 0.6 is 11.7 Å². The Morgan fingerprint density at radius 3 is 3.05 bits per heavy atom. The molecule has 1 aromatic heterocycles. The van der Waals surface area contributed by atoms with E-state index in [1.807, 2.05) is 4.90 Å². The molecule has 0 bridgehead atoms. The minimum absolute atomic E-state index is 0.270. The summed E-state index contributed by atoms with van der Waals surface area (Å²) < 4.78 is 14.5. The molecule has 2 aliphatic heterocycles. The van der Waals surface area contributed by atoms with Crippen molar-refractivity contribution in [3.8, 4) is 5.88 Å². The van der Waals surface area contributed by atoms with Crippen molar-refractivity contribution >= 4 is 23.2 Å². The lowest BCUT2D eigenvalue weighted by Crippen LogP contribution is -2.27. The fraction of sp³-hybridized carbons (Fsp3) is 0.667. The van der Waals surface area contributed by atoms with Gasteiger partial charge in [-0.1, -0.05) is 6.08 Å². The molecule has 1 aromatic rings. The molecule has 6 nitrogen and oxygen atoms in total. The Labute approximate surface area is 135 Å². The molecule has 7 heteroatoms. The van der Waals surface area contributed by atoms with E-state index in [1.54, 1.807) is 0 Å². The first-order valence-corrected chi connectivity index (χ1v) is 8.58. The molecular formula is C15H22N4O2S. The zero-order valence-corrected chi connectivity index (χ0v) is 13.8. The van der Waals surface area contributed by atoms with E-state index in [0.717, 1.165) is 51.1 Å². The van der Waals surface area contributed by atoms with E-state index in [0.29, 0.717) is 18.9 Å². The average Bonchev–Trinajstić information content (AvgIpc) is 3.13. The summed E-state index contributed by atoms with van der Waals surface area (Å²) in [5.74, 6) is 0.908. The Kier molecular flexibility index (Phi) is 5.04. The Balaban J connectivity index is 1.50. The predicted molar refractivity (Wildman–Crippen MR) is 85.9 cm³/mol. The van der Waals surface area contributed by atoms with Crippen LogP contribution in [0.25, 0.3) is 5.57 Å². The Morgan fingerprint density at radius 1 is 1.36 bits per heavy atom. The molecule has 22 heavy (non-hydrogen) atoms. The van der Waals surface area contributed by atoms with Crippen LogP contribution in [0.3, 0.4) is 0 Å². The molecule has 1 saturated heterocycles. The maximum absolute atomic E-state index is 11.5. The van der Waals surface area contributed by atoms with Crippen LogP contribution < -0.4 is 4.74 Å². The molecule has 0 radical (unpaired) electrons. The van der Waals surface area contributed by atoms with Gasteiger partial charge in [-0.3, -0.25) is 4.79 Å². The number of amides is 1. The molecule has 3 rings (SSSR count). The number of hydrogen-bond donors (Lipinski definition) is 0. The highest BCUT2D eigenvalue weighted by atomic mass is 32.1. The third-order valence-electron chi connectivity index (χ3n) is 4.09. The number of likely N-dealkylation sites (tertiary alicyclic amines) is 1. The van der Waals surface area contributed by atoms with E-state index >= 15 is 0 Å². The maximum atomic E-state index is 11.5. The van der Waals surface area contributed by atoms with Gasteiger partial charge in [-0.25, -0.2) is 0 Å². The van der Waals surface area contributed by atoms with Crippen LogP contribution in [0.1, 0.15) is 31.4 Å². The fourth-order valence-corrected chi connectivity index (χ4v) is 3.43. The number of carbonyl (C=O) groups is 1. The fourth-order valence-electron chi connectivity index (χ4n) is 2.90. The molecule has 0 spiro atoms. The summed E-state index contributed by atoms with van der Waals surface area (Å²) in [6, 6.07) is 0. The Hall–Kier alpha value is -1.47. The summed E-state index contributed by atoms with van der Waals surface area (Å²) in [7, 11) is 2.11. The number of aromatic nitrogens is 2. The van der Waals surface area contributed by atoms with Gasteiger partial charge >= 0.3 is 0 Å². The molecule has 0 aliphatic carbocycles. The SMILES string of the molecule is CN1CCC=C(c2nsnc2OCCCN2CCCC2=O)C1. The summed E-state index contributed by atoms with van der Waals surface area (Å²) in [5.41, 5.74) is 2.08. The zero-order chi connectivity index (χ0) is 15.4. The second kappa shape index (κ2) is 7.19. The van der Waals surface area contributed by atoms with Gasteiger partial charge in [-0.15, -0.1) is 4.37 Å². The van der Waals surface area contributed by atoms with Crippen LogP contribution in [0.4, 0.5) is 0 Å². The molecule has 0 N–H and O–H groups in total. The monoisotopic (exact) mass is 322 g/mol. The van der Waals surface area contributed by atoms with E-state index in [-0.39, 0.29) is 5.91 Å². The minimum Gasteiger partial charge on any atom is -0.475 e. The first kappa shape index (κ1) is 15.4. The third kappa shape index (κ3) is 3.64. The Morgan fingerprint density at radius 2 is 2.27 bits per heavy atom. The topological polar surface area (TPSA) is 58.6 Å². The van der Waals surface area contributed by atoms with Gasteiger partial charge in [-0.2, -0.15) is 4.37 Å². The quantitative estimate of drug-likeness (QED) is 0.745. The lowest BCUT2D eigenvalue weighted by Gasteiger charge is -2.22. The maximum Gasteiger partial charge on any atom is 0.253 e. The highest BCUT2D eigenvalue weighted by Crippen LogP contribution is 2.27. The lowest BCUT2D eigenvalue weighted by molar-refractivity contribution is -0.127. The van der Waals surface area contributed by atoms with Crippen LogP contribution in [0.5, 0.6) is 5.88 Å². The second-order valence-corrected chi connectivity index (χ2v) is 6.39. The van der Waals surface area contributed by atoms with Crippen molar-refractivity contribution in [1.82, 2.24) is 18.5 Å². The van der Waals surface area contributed by atoms with Crippen molar-refractivity contribution in [1.29, 1.82) is 0 Å². The molecule has 0 atom stereocenters. The largest absolute Gasteiger partial charge is 0.475 e. The normalized spacial score (nSPS) is 19.6. The number of carbonyl (C=O) groups excluding carboxylic acids is 1. The molecule has 3 heterocycles. The molecule has 1 amide bonds. The van der Waals surface area contributed by atoms with Crippen LogP contribution in [0.15, 0.2) is 6.08 Å². The molecule has 0 aromatic carbocycles. The van der Waals surface area contributed by atoms with Gasteiger partial charge in [0.1, 0.15) is 5.69 Å². The number of nitrogens with zero attached hydrogens (tertiary/aromatic N) is 4. The van der Waals surface area contributed by atoms with Gasteiger partial charge in [0.05, 0.1) is 18.3 Å². The molecule has 2 aliphatic rings. The number of ether oxygens (including phenoxy) is 1. The van der Waals surface area contributed by atoms with E-state index in [4.69, 9.17) is 4.74 Å². The first-order chi connectivity index (χ1) is 10.7. The van der Waals surface area contributed by atoms with Crippen molar-refractivity contribution in [2.75, 3.05) is 39.8 Å². The third-order valence-corrected chi connectivity index (χ3v) is 4.60. The molecular weight excluding hydrogens is 300 g/mol. The first-order valence-electron chi connectivity index (χ1n) is 7.85. The number of likely N-dealkylation sites (N-methyl/N-ethyl adjacent to an activating group) is 1. The summed E-state index contributed by atoms with van der Waals surface area (Å²) in [5, 5.41) is 0. The lowest BCUT2D eigenvalue weighted by atomic mass is 10.1. The number of hydrogen-bond acceptors (Lipinski definition) is 6. The van der Waals surface area contributed by atoms with Gasteiger partial charge in [0.15, 0.2) is 0 Å². The van der Waals surface area contributed by atoms with Crippen LogP contribution in [0.2, 0.25) is 0 Å². The van der Waals surface area contributed by atoms with Crippen molar-refractivity contribution in [2.45, 2.75) is 25.7 Å². The van der Waals surface area contributed by atoms with Gasteiger partial charge in [0, 0.05) is 32.6 Å². The summed E-state index contributed by atoms with van der Waals surface area (Å²) in [6.07, 6.45) is 5.79. The second-order valence-electron chi connectivity index (χ2n) is 5.86. The van der Waals surface area contributed by atoms with Crippen LogP contribution in [-0.2, 0) is 4.79 Å². The highest BCUT2D eigenvalue weighted by Gasteiger charge is 2.20.